The zero-order valence-electron chi connectivity index (χ0n) is 9.38. The average molecular weight is 339 g/mol. The largest absolute Gasteiger partial charge is 0.337 e. The van der Waals surface area contributed by atoms with Crippen LogP contribution in [0.4, 0.5) is 0 Å². The number of rotatable bonds is 3. The van der Waals surface area contributed by atoms with Gasteiger partial charge in [-0.05, 0) is 27.9 Å². The number of hydrogen-bond acceptors (Lipinski definition) is 5. The van der Waals surface area contributed by atoms with E-state index in [4.69, 9.17) is 10.3 Å². The van der Waals surface area contributed by atoms with Gasteiger partial charge in [-0.1, -0.05) is 19.0 Å². The Morgan fingerprint density at radius 2 is 2.18 bits per heavy atom. The van der Waals surface area contributed by atoms with Crippen LogP contribution in [-0.2, 0) is 0 Å². The Morgan fingerprint density at radius 1 is 1.47 bits per heavy atom. The summed E-state index contributed by atoms with van der Waals surface area (Å²) < 4.78 is 6.18. The number of hydrogen-bond donors (Lipinski definition) is 1. The fourth-order valence-corrected chi connectivity index (χ4v) is 2.54. The Balaban J connectivity index is 0.00000144. The van der Waals surface area contributed by atoms with Gasteiger partial charge in [0, 0.05) is 9.85 Å². The highest BCUT2D eigenvalue weighted by Crippen LogP contribution is 2.28. The van der Waals surface area contributed by atoms with Gasteiger partial charge in [-0.25, -0.2) is 0 Å². The maximum atomic E-state index is 5.93. The van der Waals surface area contributed by atoms with E-state index in [-0.39, 0.29) is 24.4 Å². The van der Waals surface area contributed by atoms with Crippen molar-refractivity contribution in [1.82, 2.24) is 10.1 Å². The predicted molar refractivity (Wildman–Crippen MR) is 74.3 cm³/mol. The van der Waals surface area contributed by atoms with E-state index in [9.17, 15) is 0 Å². The van der Waals surface area contributed by atoms with E-state index in [1.165, 1.54) is 0 Å². The van der Waals surface area contributed by atoms with Crippen LogP contribution in [-0.4, -0.2) is 10.1 Å². The first-order valence-corrected chi connectivity index (χ1v) is 6.59. The molecule has 94 valence electrons. The third-order valence-corrected chi connectivity index (χ3v) is 3.92. The van der Waals surface area contributed by atoms with Crippen LogP contribution in [0.3, 0.4) is 0 Å². The SMILES string of the molecule is CC(C)[C@H](N)c1nc(-c2cc(Br)cs2)no1.Cl. The van der Waals surface area contributed by atoms with Gasteiger partial charge in [-0.15, -0.1) is 23.7 Å². The summed E-state index contributed by atoms with van der Waals surface area (Å²) in [5, 5.41) is 5.91. The molecule has 17 heavy (non-hydrogen) atoms. The van der Waals surface area contributed by atoms with Crippen molar-refractivity contribution in [3.05, 3.63) is 21.8 Å². The van der Waals surface area contributed by atoms with E-state index >= 15 is 0 Å². The molecular formula is C10H13BrClN3OS. The van der Waals surface area contributed by atoms with Crippen LogP contribution in [0.15, 0.2) is 20.4 Å². The van der Waals surface area contributed by atoms with Crippen LogP contribution in [0, 0.1) is 5.92 Å². The third-order valence-electron chi connectivity index (χ3n) is 2.23. The summed E-state index contributed by atoms with van der Waals surface area (Å²) in [4.78, 5) is 5.27. The van der Waals surface area contributed by atoms with Crippen LogP contribution in [0.1, 0.15) is 25.8 Å². The molecule has 0 aromatic carbocycles. The maximum absolute atomic E-state index is 5.93. The van der Waals surface area contributed by atoms with Gasteiger partial charge < -0.3 is 10.3 Å². The molecule has 0 fully saturated rings. The number of nitrogens with zero attached hydrogens (tertiary/aromatic N) is 2. The molecule has 0 saturated heterocycles. The van der Waals surface area contributed by atoms with E-state index < -0.39 is 0 Å². The van der Waals surface area contributed by atoms with Crippen molar-refractivity contribution in [2.75, 3.05) is 0 Å². The van der Waals surface area contributed by atoms with E-state index in [0.717, 1.165) is 9.35 Å². The van der Waals surface area contributed by atoms with Gasteiger partial charge in [0.2, 0.25) is 11.7 Å². The van der Waals surface area contributed by atoms with Crippen molar-refractivity contribution in [2.45, 2.75) is 19.9 Å². The van der Waals surface area contributed by atoms with Crippen molar-refractivity contribution in [2.24, 2.45) is 11.7 Å². The molecule has 0 unspecified atom stereocenters. The molecule has 2 aromatic rings. The number of halogens is 2. The summed E-state index contributed by atoms with van der Waals surface area (Å²) in [5.41, 5.74) is 5.93. The Labute approximate surface area is 118 Å². The van der Waals surface area contributed by atoms with Crippen LogP contribution < -0.4 is 5.73 Å². The molecule has 0 aliphatic carbocycles. The topological polar surface area (TPSA) is 64.9 Å². The molecule has 2 rings (SSSR count). The number of nitrogens with two attached hydrogens (primary N) is 1. The summed E-state index contributed by atoms with van der Waals surface area (Å²) in [6, 6.07) is 1.75. The minimum absolute atomic E-state index is 0. The van der Waals surface area contributed by atoms with E-state index in [0.29, 0.717) is 11.7 Å². The fraction of sp³-hybridized carbons (Fsp3) is 0.400. The summed E-state index contributed by atoms with van der Waals surface area (Å²) in [5.74, 6) is 1.37. The van der Waals surface area contributed by atoms with Gasteiger partial charge >= 0.3 is 0 Å². The second-order valence-electron chi connectivity index (χ2n) is 3.86. The monoisotopic (exact) mass is 337 g/mol. The molecule has 7 heteroatoms. The zero-order valence-corrected chi connectivity index (χ0v) is 12.6. The Kier molecular flexibility index (Phi) is 5.12. The van der Waals surface area contributed by atoms with Gasteiger partial charge in [-0.3, -0.25) is 0 Å². The molecule has 2 aromatic heterocycles. The minimum Gasteiger partial charge on any atom is -0.337 e. The fourth-order valence-electron chi connectivity index (χ4n) is 1.19. The molecule has 0 spiro atoms. The van der Waals surface area contributed by atoms with Crippen LogP contribution in [0.5, 0.6) is 0 Å². The molecule has 0 saturated carbocycles. The van der Waals surface area contributed by atoms with Crippen LogP contribution in [0.2, 0.25) is 0 Å². The molecule has 1 atom stereocenters. The van der Waals surface area contributed by atoms with Crippen molar-refractivity contribution in [1.29, 1.82) is 0 Å². The predicted octanol–water partition coefficient (Wildman–Crippen LogP) is 3.64. The summed E-state index contributed by atoms with van der Waals surface area (Å²) in [6.45, 7) is 4.05. The molecule has 0 bridgehead atoms. The van der Waals surface area contributed by atoms with Crippen LogP contribution >= 0.6 is 39.7 Å². The first-order valence-electron chi connectivity index (χ1n) is 4.91. The highest BCUT2D eigenvalue weighted by molar-refractivity contribution is 9.10. The highest BCUT2D eigenvalue weighted by atomic mass is 79.9. The number of thiophene rings is 1. The average Bonchev–Trinajstić information content (AvgIpc) is 2.84. The van der Waals surface area contributed by atoms with E-state index in [1.54, 1.807) is 11.3 Å². The molecule has 0 radical (unpaired) electrons. The second-order valence-corrected chi connectivity index (χ2v) is 5.68. The molecule has 0 amide bonds. The molecule has 2 N–H and O–H groups in total. The van der Waals surface area contributed by atoms with Crippen molar-refractivity contribution < 1.29 is 4.52 Å². The van der Waals surface area contributed by atoms with Gasteiger partial charge in [0.25, 0.3) is 0 Å². The molecule has 4 nitrogen and oxygen atoms in total. The maximum Gasteiger partial charge on any atom is 0.244 e. The Hall–Kier alpha value is -0.430. The summed E-state index contributed by atoms with van der Waals surface area (Å²) in [6.07, 6.45) is 0. The van der Waals surface area contributed by atoms with Gasteiger partial charge in [0.05, 0.1) is 10.9 Å². The first kappa shape index (κ1) is 14.6. The summed E-state index contributed by atoms with van der Waals surface area (Å²) in [7, 11) is 0. The molecule has 0 aliphatic heterocycles. The Morgan fingerprint density at radius 3 is 2.71 bits per heavy atom. The molecule has 2 heterocycles. The quantitative estimate of drug-likeness (QED) is 0.928. The second kappa shape index (κ2) is 5.95. The van der Waals surface area contributed by atoms with Crippen molar-refractivity contribution >= 4 is 39.7 Å². The number of aromatic nitrogens is 2. The van der Waals surface area contributed by atoms with Crippen molar-refractivity contribution in [3.8, 4) is 10.7 Å². The third kappa shape index (κ3) is 3.28. The van der Waals surface area contributed by atoms with E-state index in [2.05, 4.69) is 26.1 Å². The summed E-state index contributed by atoms with van der Waals surface area (Å²) >= 11 is 4.95. The minimum atomic E-state index is -0.204. The standard InChI is InChI=1S/C10H12BrN3OS.ClH/c1-5(2)8(12)10-13-9(14-15-10)7-3-6(11)4-16-7;/h3-5,8H,12H2,1-2H3;1H/t8-;/m0./s1. The van der Waals surface area contributed by atoms with E-state index in [1.807, 2.05) is 25.3 Å². The lowest BCUT2D eigenvalue weighted by atomic mass is 10.1. The lowest BCUT2D eigenvalue weighted by Crippen LogP contribution is -2.16. The normalized spacial score (nSPS) is 12.5. The smallest absolute Gasteiger partial charge is 0.244 e. The van der Waals surface area contributed by atoms with Crippen LogP contribution in [0.25, 0.3) is 10.7 Å². The zero-order chi connectivity index (χ0) is 11.7. The first-order chi connectivity index (χ1) is 7.58. The molecular weight excluding hydrogens is 326 g/mol. The van der Waals surface area contributed by atoms with Gasteiger partial charge in [0.1, 0.15) is 0 Å². The lowest BCUT2D eigenvalue weighted by Gasteiger charge is -2.08. The van der Waals surface area contributed by atoms with Crippen molar-refractivity contribution in [3.63, 3.8) is 0 Å². The lowest BCUT2D eigenvalue weighted by molar-refractivity contribution is 0.325. The molecule has 0 aliphatic rings. The highest BCUT2D eigenvalue weighted by Gasteiger charge is 2.19. The van der Waals surface area contributed by atoms with Gasteiger partial charge in [0.15, 0.2) is 0 Å². The Bertz CT molecular complexity index is 485. The van der Waals surface area contributed by atoms with Gasteiger partial charge in [-0.2, -0.15) is 4.98 Å².